The topological polar surface area (TPSA) is 97.0 Å². The first kappa shape index (κ1) is 21.1. The molecule has 1 aliphatic rings. The van der Waals surface area contributed by atoms with E-state index in [9.17, 15) is 8.42 Å². The van der Waals surface area contributed by atoms with E-state index in [2.05, 4.69) is 23.2 Å². The van der Waals surface area contributed by atoms with Crippen LogP contribution in [0.25, 0.3) is 0 Å². The first-order valence-corrected chi connectivity index (χ1v) is 10.5. The molecule has 1 heterocycles. The minimum absolute atomic E-state index is 0.0774. The van der Waals surface area contributed by atoms with E-state index in [-0.39, 0.29) is 4.90 Å². The van der Waals surface area contributed by atoms with Gasteiger partial charge in [0.15, 0.2) is 0 Å². The van der Waals surface area contributed by atoms with E-state index in [0.29, 0.717) is 19.0 Å². The van der Waals surface area contributed by atoms with E-state index in [1.165, 1.54) is 12.1 Å². The zero-order valence-electron chi connectivity index (χ0n) is 16.1. The first-order valence-electron chi connectivity index (χ1n) is 8.96. The summed E-state index contributed by atoms with van der Waals surface area (Å²) < 4.78 is 28.2. The van der Waals surface area contributed by atoms with Crippen LogP contribution in [-0.4, -0.2) is 45.5 Å². The molecular weight excluding hydrogens is 364 g/mol. The SMILES string of the molecule is CC/C=C(\N=C(/C=C(C)C)Nc1ccc(S(N)(=O)=O)cc1)N1CCOCC1. The molecule has 0 saturated carbocycles. The molecule has 1 aromatic carbocycles. The highest BCUT2D eigenvalue weighted by Crippen LogP contribution is 2.15. The molecule has 148 valence electrons. The van der Waals surface area contributed by atoms with E-state index >= 15 is 0 Å². The van der Waals surface area contributed by atoms with E-state index in [4.69, 9.17) is 14.9 Å². The number of primary sulfonamides is 1. The van der Waals surface area contributed by atoms with Gasteiger partial charge in [0.2, 0.25) is 10.0 Å². The number of morpholine rings is 1. The van der Waals surface area contributed by atoms with Crippen molar-refractivity contribution in [1.29, 1.82) is 0 Å². The summed E-state index contributed by atoms with van der Waals surface area (Å²) in [6.07, 6.45) is 4.93. The van der Waals surface area contributed by atoms with Gasteiger partial charge in [0.25, 0.3) is 0 Å². The molecule has 0 amide bonds. The van der Waals surface area contributed by atoms with E-state index in [0.717, 1.165) is 36.6 Å². The standard InChI is InChI=1S/C19H28N4O3S/c1-4-5-19(23-10-12-26-13-11-23)22-18(14-15(2)3)21-16-6-8-17(9-7-16)27(20,24)25/h5-9,14H,4,10-13H2,1-3H3,(H,21,22)(H2,20,24,25)/b19-5+. The molecule has 8 heteroatoms. The molecule has 2 rings (SSSR count). The van der Waals surface area contributed by atoms with Gasteiger partial charge in [-0.1, -0.05) is 12.5 Å². The third kappa shape index (κ3) is 6.82. The van der Waals surface area contributed by atoms with Crippen LogP contribution < -0.4 is 10.5 Å². The van der Waals surface area contributed by atoms with Crippen LogP contribution in [0.15, 0.2) is 57.7 Å². The summed E-state index contributed by atoms with van der Waals surface area (Å²) in [6.45, 7) is 9.07. The molecule has 3 N–H and O–H groups in total. The zero-order valence-corrected chi connectivity index (χ0v) is 16.9. The Labute approximate surface area is 161 Å². The van der Waals surface area contributed by atoms with Gasteiger partial charge in [-0.3, -0.25) is 0 Å². The third-order valence-corrected chi connectivity index (χ3v) is 4.77. The minimum Gasteiger partial charge on any atom is -0.378 e. The Morgan fingerprint density at radius 2 is 1.89 bits per heavy atom. The molecule has 1 fully saturated rings. The molecule has 0 radical (unpaired) electrons. The first-order chi connectivity index (χ1) is 12.8. The van der Waals surface area contributed by atoms with Gasteiger partial charge in [-0.15, -0.1) is 0 Å². The van der Waals surface area contributed by atoms with Gasteiger partial charge in [-0.05, 0) is 56.7 Å². The van der Waals surface area contributed by atoms with Crippen molar-refractivity contribution in [3.8, 4) is 0 Å². The number of rotatable bonds is 6. The summed E-state index contributed by atoms with van der Waals surface area (Å²) in [5, 5.41) is 8.41. The number of nitrogens with one attached hydrogen (secondary N) is 1. The number of aliphatic imine (C=N–C) groups is 1. The quantitative estimate of drug-likeness (QED) is 0.573. The van der Waals surface area contributed by atoms with Crippen LogP contribution in [0, 0.1) is 0 Å². The van der Waals surface area contributed by atoms with Crippen LogP contribution in [0.3, 0.4) is 0 Å². The molecule has 0 atom stereocenters. The Kier molecular flexibility index (Phi) is 7.58. The van der Waals surface area contributed by atoms with Gasteiger partial charge >= 0.3 is 0 Å². The molecule has 0 aliphatic carbocycles. The van der Waals surface area contributed by atoms with Crippen molar-refractivity contribution >= 4 is 21.5 Å². The van der Waals surface area contributed by atoms with Crippen LogP contribution in [0.1, 0.15) is 27.2 Å². The Bertz CT molecular complexity index is 817. The van der Waals surface area contributed by atoms with Crippen molar-refractivity contribution in [1.82, 2.24) is 4.90 Å². The fraction of sp³-hybridized carbons (Fsp3) is 0.421. The lowest BCUT2D eigenvalue weighted by Gasteiger charge is -2.29. The number of nitrogens with two attached hydrogens (primary N) is 1. The average Bonchev–Trinajstić information content (AvgIpc) is 2.61. The lowest BCUT2D eigenvalue weighted by atomic mass is 10.2. The van der Waals surface area contributed by atoms with Crippen LogP contribution in [0.4, 0.5) is 5.69 Å². The summed E-state index contributed by atoms with van der Waals surface area (Å²) in [7, 11) is -3.71. The molecular formula is C19H28N4O3S. The number of hydrogen-bond donors (Lipinski definition) is 2. The largest absolute Gasteiger partial charge is 0.378 e. The Hall–Kier alpha value is -2.16. The summed E-state index contributed by atoms with van der Waals surface area (Å²) in [5.41, 5.74) is 1.83. The molecule has 1 aromatic rings. The third-order valence-electron chi connectivity index (χ3n) is 3.84. The van der Waals surface area contributed by atoms with Crippen molar-refractivity contribution in [2.45, 2.75) is 32.1 Å². The molecule has 27 heavy (non-hydrogen) atoms. The van der Waals surface area contributed by atoms with Gasteiger partial charge in [-0.25, -0.2) is 18.5 Å². The number of ether oxygens (including phenoxy) is 1. The van der Waals surface area contributed by atoms with Crippen LogP contribution in [-0.2, 0) is 14.8 Å². The van der Waals surface area contributed by atoms with Gasteiger partial charge in [0.05, 0.1) is 18.1 Å². The van der Waals surface area contributed by atoms with Crippen molar-refractivity contribution < 1.29 is 13.2 Å². The fourth-order valence-electron chi connectivity index (χ4n) is 2.59. The van der Waals surface area contributed by atoms with E-state index < -0.39 is 10.0 Å². The Morgan fingerprint density at radius 3 is 2.41 bits per heavy atom. The molecule has 1 aliphatic heterocycles. The summed E-state index contributed by atoms with van der Waals surface area (Å²) in [4.78, 5) is 7.10. The van der Waals surface area contributed by atoms with Crippen LogP contribution in [0.5, 0.6) is 0 Å². The van der Waals surface area contributed by atoms with Gasteiger partial charge in [-0.2, -0.15) is 0 Å². The molecule has 0 unspecified atom stereocenters. The number of amidine groups is 1. The number of allylic oxidation sites excluding steroid dienone is 2. The lowest BCUT2D eigenvalue weighted by molar-refractivity contribution is 0.0530. The second kappa shape index (κ2) is 9.68. The van der Waals surface area contributed by atoms with E-state index in [1.54, 1.807) is 12.1 Å². The van der Waals surface area contributed by atoms with Crippen molar-refractivity contribution in [2.75, 3.05) is 31.6 Å². The van der Waals surface area contributed by atoms with Gasteiger partial charge < -0.3 is 15.0 Å². The predicted octanol–water partition coefficient (Wildman–Crippen LogP) is 2.69. The van der Waals surface area contributed by atoms with Gasteiger partial charge in [0.1, 0.15) is 11.7 Å². The van der Waals surface area contributed by atoms with Crippen LogP contribution in [0.2, 0.25) is 0 Å². The normalized spacial score (nSPS) is 16.2. The molecule has 1 saturated heterocycles. The Morgan fingerprint density at radius 1 is 1.26 bits per heavy atom. The van der Waals surface area contributed by atoms with Crippen molar-refractivity contribution in [2.24, 2.45) is 10.1 Å². The number of hydrogen-bond acceptors (Lipinski definition) is 5. The number of benzene rings is 1. The summed E-state index contributed by atoms with van der Waals surface area (Å²) in [5.74, 6) is 1.59. The molecule has 0 spiro atoms. The summed E-state index contributed by atoms with van der Waals surface area (Å²) in [6, 6.07) is 6.29. The number of nitrogens with zero attached hydrogens (tertiary/aromatic N) is 2. The Balaban J connectivity index is 2.29. The monoisotopic (exact) mass is 392 g/mol. The maximum atomic E-state index is 11.4. The second-order valence-electron chi connectivity index (χ2n) is 6.48. The maximum Gasteiger partial charge on any atom is 0.238 e. The molecule has 7 nitrogen and oxygen atoms in total. The number of sulfonamides is 1. The van der Waals surface area contributed by atoms with Gasteiger partial charge in [0, 0.05) is 18.8 Å². The highest BCUT2D eigenvalue weighted by Gasteiger charge is 2.14. The molecule has 0 bridgehead atoms. The lowest BCUT2D eigenvalue weighted by Crippen LogP contribution is -2.35. The maximum absolute atomic E-state index is 11.4. The summed E-state index contributed by atoms with van der Waals surface area (Å²) >= 11 is 0. The van der Waals surface area contributed by atoms with Crippen LogP contribution >= 0.6 is 0 Å². The van der Waals surface area contributed by atoms with Crippen molar-refractivity contribution in [3.05, 3.63) is 47.8 Å². The molecule has 0 aromatic heterocycles. The number of anilines is 1. The van der Waals surface area contributed by atoms with E-state index in [1.807, 2.05) is 19.9 Å². The second-order valence-corrected chi connectivity index (χ2v) is 8.04. The average molecular weight is 393 g/mol. The highest BCUT2D eigenvalue weighted by atomic mass is 32.2. The zero-order chi connectivity index (χ0) is 19.9. The smallest absolute Gasteiger partial charge is 0.238 e. The fourth-order valence-corrected chi connectivity index (χ4v) is 3.10. The predicted molar refractivity (Wildman–Crippen MR) is 109 cm³/mol. The van der Waals surface area contributed by atoms with Crippen molar-refractivity contribution in [3.63, 3.8) is 0 Å². The minimum atomic E-state index is -3.71. The highest BCUT2D eigenvalue weighted by molar-refractivity contribution is 7.89.